The van der Waals surface area contributed by atoms with Gasteiger partial charge < -0.3 is 15.7 Å². The van der Waals surface area contributed by atoms with E-state index in [1.54, 1.807) is 12.1 Å². The van der Waals surface area contributed by atoms with Gasteiger partial charge in [-0.1, -0.05) is 6.07 Å². The molecule has 0 fully saturated rings. The molecule has 0 bridgehead atoms. The Morgan fingerprint density at radius 1 is 1.12 bits per heavy atom. The SMILES string of the molecule is CC(C)(C)NC(O)c1ccc(Nc2cc(-c3c(F)cccc3F)nc3c2C(=O)NC3)nc1. The van der Waals surface area contributed by atoms with E-state index in [1.165, 1.54) is 18.3 Å². The van der Waals surface area contributed by atoms with Crippen molar-refractivity contribution in [3.63, 3.8) is 0 Å². The van der Waals surface area contributed by atoms with Crippen LogP contribution in [0.3, 0.4) is 0 Å². The molecule has 1 amide bonds. The smallest absolute Gasteiger partial charge is 0.255 e. The number of fused-ring (bicyclic) bond motifs is 1. The molecule has 0 aliphatic carbocycles. The van der Waals surface area contributed by atoms with Gasteiger partial charge in [-0.05, 0) is 51.1 Å². The summed E-state index contributed by atoms with van der Waals surface area (Å²) in [6.45, 7) is 5.96. The summed E-state index contributed by atoms with van der Waals surface area (Å²) < 4.78 is 28.7. The summed E-state index contributed by atoms with van der Waals surface area (Å²) in [6.07, 6.45) is 0.605. The van der Waals surface area contributed by atoms with E-state index in [-0.39, 0.29) is 29.2 Å². The first-order valence-corrected chi connectivity index (χ1v) is 10.1. The largest absolute Gasteiger partial charge is 0.374 e. The van der Waals surface area contributed by atoms with Gasteiger partial charge in [0.05, 0.1) is 34.7 Å². The highest BCUT2D eigenvalue weighted by molar-refractivity contribution is 6.04. The molecular formula is C23H23F2N5O2. The van der Waals surface area contributed by atoms with Crippen LogP contribution in [0.25, 0.3) is 11.3 Å². The minimum Gasteiger partial charge on any atom is -0.374 e. The lowest BCUT2D eigenvalue weighted by Gasteiger charge is -2.25. The lowest BCUT2D eigenvalue weighted by Crippen LogP contribution is -2.38. The zero-order valence-electron chi connectivity index (χ0n) is 17.8. The minimum absolute atomic E-state index is 0.0692. The second-order valence-corrected chi connectivity index (χ2v) is 8.55. The Labute approximate surface area is 183 Å². The maximum Gasteiger partial charge on any atom is 0.255 e. The zero-order chi connectivity index (χ0) is 23.0. The molecule has 1 aliphatic heterocycles. The Morgan fingerprint density at radius 3 is 2.47 bits per heavy atom. The molecule has 1 atom stereocenters. The monoisotopic (exact) mass is 439 g/mol. The first-order chi connectivity index (χ1) is 15.1. The van der Waals surface area contributed by atoms with Crippen molar-refractivity contribution in [2.24, 2.45) is 0 Å². The van der Waals surface area contributed by atoms with Gasteiger partial charge in [0.1, 0.15) is 23.7 Å². The molecule has 0 radical (unpaired) electrons. The lowest BCUT2D eigenvalue weighted by molar-refractivity contribution is 0.0966. The number of benzene rings is 1. The number of halogens is 2. The Hall–Kier alpha value is -3.43. The topological polar surface area (TPSA) is 99.2 Å². The van der Waals surface area contributed by atoms with Gasteiger partial charge in [-0.15, -0.1) is 0 Å². The van der Waals surface area contributed by atoms with E-state index < -0.39 is 17.9 Å². The molecule has 4 rings (SSSR count). The average molecular weight is 439 g/mol. The molecule has 0 spiro atoms. The Morgan fingerprint density at radius 2 is 1.84 bits per heavy atom. The van der Waals surface area contributed by atoms with Crippen molar-refractivity contribution in [3.05, 3.63) is 71.1 Å². The highest BCUT2D eigenvalue weighted by Crippen LogP contribution is 2.33. The number of nitrogens with zero attached hydrogens (tertiary/aromatic N) is 2. The quantitative estimate of drug-likeness (QED) is 0.452. The number of pyridine rings is 2. The number of carbonyl (C=O) groups is 1. The van der Waals surface area contributed by atoms with E-state index in [1.807, 2.05) is 20.8 Å². The standard InChI is InChI=1S/C23H23F2N5O2/c1-23(2,3)30-21(31)12-7-8-18(26-10-12)29-16-9-15(19-13(24)5-4-6-14(19)25)28-17-11-27-22(32)20(16)17/h4-10,21,30-31H,11H2,1-3H3,(H,27,32)(H,26,28,29). The van der Waals surface area contributed by atoms with E-state index >= 15 is 0 Å². The molecule has 7 nitrogen and oxygen atoms in total. The number of carbonyl (C=O) groups excluding carboxylic acids is 1. The third-order valence-corrected chi connectivity index (χ3v) is 4.89. The van der Waals surface area contributed by atoms with Crippen LogP contribution in [-0.4, -0.2) is 26.5 Å². The number of aliphatic hydroxyl groups is 1. The Balaban J connectivity index is 1.68. The van der Waals surface area contributed by atoms with Crippen LogP contribution in [0.2, 0.25) is 0 Å². The van der Waals surface area contributed by atoms with Crippen molar-refractivity contribution in [1.82, 2.24) is 20.6 Å². The van der Waals surface area contributed by atoms with Crippen LogP contribution < -0.4 is 16.0 Å². The number of anilines is 2. The van der Waals surface area contributed by atoms with Gasteiger partial charge >= 0.3 is 0 Å². The predicted octanol–water partition coefficient (Wildman–Crippen LogP) is 3.79. The van der Waals surface area contributed by atoms with Gasteiger partial charge in [0.15, 0.2) is 0 Å². The van der Waals surface area contributed by atoms with Gasteiger partial charge in [-0.25, -0.2) is 18.7 Å². The average Bonchev–Trinajstić information content (AvgIpc) is 3.08. The van der Waals surface area contributed by atoms with Gasteiger partial charge in [0.25, 0.3) is 5.91 Å². The molecule has 32 heavy (non-hydrogen) atoms. The van der Waals surface area contributed by atoms with E-state index in [4.69, 9.17) is 0 Å². The normalized spacial score (nSPS) is 14.1. The fourth-order valence-corrected chi connectivity index (χ4v) is 3.47. The fraction of sp³-hybridized carbons (Fsp3) is 0.261. The van der Waals surface area contributed by atoms with Crippen molar-refractivity contribution in [3.8, 4) is 11.3 Å². The van der Waals surface area contributed by atoms with E-state index in [0.29, 0.717) is 28.3 Å². The van der Waals surface area contributed by atoms with Crippen molar-refractivity contribution in [2.75, 3.05) is 5.32 Å². The predicted molar refractivity (Wildman–Crippen MR) is 116 cm³/mol. The summed E-state index contributed by atoms with van der Waals surface area (Å²) in [5.74, 6) is -1.44. The first-order valence-electron chi connectivity index (χ1n) is 10.1. The minimum atomic E-state index is -0.900. The third kappa shape index (κ3) is 4.44. The van der Waals surface area contributed by atoms with Gasteiger partial charge in [0.2, 0.25) is 0 Å². The second kappa shape index (κ2) is 8.25. The van der Waals surface area contributed by atoms with Crippen molar-refractivity contribution in [1.29, 1.82) is 0 Å². The number of aliphatic hydroxyl groups excluding tert-OH is 1. The van der Waals surface area contributed by atoms with Crippen molar-refractivity contribution < 1.29 is 18.7 Å². The molecule has 1 aromatic carbocycles. The van der Waals surface area contributed by atoms with Gasteiger partial charge in [0, 0.05) is 17.3 Å². The highest BCUT2D eigenvalue weighted by atomic mass is 19.1. The Bertz CT molecular complexity index is 1160. The highest BCUT2D eigenvalue weighted by Gasteiger charge is 2.27. The number of amides is 1. The zero-order valence-corrected chi connectivity index (χ0v) is 17.8. The van der Waals surface area contributed by atoms with E-state index in [9.17, 15) is 18.7 Å². The Kier molecular flexibility index (Phi) is 5.62. The first kappa shape index (κ1) is 21.8. The molecule has 3 heterocycles. The van der Waals surface area contributed by atoms with E-state index in [2.05, 4.69) is 25.9 Å². The van der Waals surface area contributed by atoms with Crippen LogP contribution in [0.4, 0.5) is 20.3 Å². The maximum absolute atomic E-state index is 14.3. The summed E-state index contributed by atoms with van der Waals surface area (Å²) in [5.41, 5.74) is 1.09. The molecule has 166 valence electrons. The summed E-state index contributed by atoms with van der Waals surface area (Å²) >= 11 is 0. The summed E-state index contributed by atoms with van der Waals surface area (Å²) in [5, 5.41) is 19.1. The number of hydrogen-bond acceptors (Lipinski definition) is 6. The molecule has 1 unspecified atom stereocenters. The van der Waals surface area contributed by atoms with Crippen molar-refractivity contribution in [2.45, 2.75) is 39.1 Å². The molecule has 2 aromatic heterocycles. The van der Waals surface area contributed by atoms with Crippen LogP contribution >= 0.6 is 0 Å². The molecule has 0 saturated carbocycles. The third-order valence-electron chi connectivity index (χ3n) is 4.89. The summed E-state index contributed by atoms with van der Waals surface area (Å²) in [4.78, 5) is 20.9. The molecule has 9 heteroatoms. The van der Waals surface area contributed by atoms with Gasteiger partial charge in [-0.3, -0.25) is 10.1 Å². The molecule has 3 aromatic rings. The molecule has 4 N–H and O–H groups in total. The van der Waals surface area contributed by atoms with Crippen LogP contribution in [0.1, 0.15) is 48.6 Å². The van der Waals surface area contributed by atoms with Crippen LogP contribution in [0.15, 0.2) is 42.6 Å². The fourth-order valence-electron chi connectivity index (χ4n) is 3.47. The van der Waals surface area contributed by atoms with E-state index in [0.717, 1.165) is 12.1 Å². The number of aromatic nitrogens is 2. The maximum atomic E-state index is 14.3. The summed E-state index contributed by atoms with van der Waals surface area (Å²) in [7, 11) is 0. The number of hydrogen-bond donors (Lipinski definition) is 4. The molecule has 1 aliphatic rings. The van der Waals surface area contributed by atoms with Crippen molar-refractivity contribution >= 4 is 17.4 Å². The molecular weight excluding hydrogens is 416 g/mol. The van der Waals surface area contributed by atoms with Crippen LogP contribution in [-0.2, 0) is 6.54 Å². The molecule has 0 saturated heterocycles. The van der Waals surface area contributed by atoms with Crippen LogP contribution in [0, 0.1) is 11.6 Å². The summed E-state index contributed by atoms with van der Waals surface area (Å²) in [6, 6.07) is 8.35. The van der Waals surface area contributed by atoms with Gasteiger partial charge in [-0.2, -0.15) is 0 Å². The number of nitrogens with one attached hydrogen (secondary N) is 3. The lowest BCUT2D eigenvalue weighted by atomic mass is 10.1. The van der Waals surface area contributed by atoms with Crippen LogP contribution in [0.5, 0.6) is 0 Å². The second-order valence-electron chi connectivity index (χ2n) is 8.55. The number of rotatable bonds is 5.